The molecule has 80 valence electrons. The Labute approximate surface area is 93.3 Å². The monoisotopic (exact) mass is 202 g/mol. The van der Waals surface area contributed by atoms with E-state index < -0.39 is 0 Å². The van der Waals surface area contributed by atoms with Gasteiger partial charge in [-0.05, 0) is 18.3 Å². The lowest BCUT2D eigenvalue weighted by molar-refractivity contribution is 0.517. The molecule has 0 aliphatic rings. The quantitative estimate of drug-likeness (QED) is 0.518. The van der Waals surface area contributed by atoms with E-state index in [1.165, 1.54) is 32.1 Å². The predicted molar refractivity (Wildman–Crippen MR) is 63.3 cm³/mol. The van der Waals surface area contributed by atoms with E-state index in [1.807, 2.05) is 0 Å². The maximum absolute atomic E-state index is 8.10. The minimum Gasteiger partial charge on any atom is -0.461 e. The number of aliphatic hydroxyl groups excluding tert-OH is 1. The molecule has 0 aliphatic heterocycles. The highest BCUT2D eigenvalue weighted by Crippen LogP contribution is 2.05. The molecule has 0 unspecified atom stereocenters. The summed E-state index contributed by atoms with van der Waals surface area (Å²) < 4.78 is 0. The third kappa shape index (κ3) is 12.5. The van der Waals surface area contributed by atoms with Gasteiger partial charge in [0.2, 0.25) is 0 Å². The van der Waals surface area contributed by atoms with Crippen LogP contribution in [0.2, 0.25) is 0 Å². The Morgan fingerprint density at radius 3 is 2.20 bits per heavy atom. The fraction of sp³-hybridized carbons (Fsp3) is 0.571. The molecule has 0 amide bonds. The van der Waals surface area contributed by atoms with Crippen molar-refractivity contribution in [1.29, 1.82) is 0 Å². The summed E-state index contributed by atoms with van der Waals surface area (Å²) in [6, 6.07) is 0. The molecule has 0 bridgehead atoms. The Balaban J connectivity index is 3.30. The van der Waals surface area contributed by atoms with Crippen molar-refractivity contribution in [2.45, 2.75) is 51.9 Å². The number of rotatable bonds is 6. The van der Waals surface area contributed by atoms with Crippen molar-refractivity contribution >= 4 is 0 Å². The summed E-state index contributed by atoms with van der Waals surface area (Å²) in [5.74, 6) is 12.8. The standard InChI is InChI=1S/C14H18O/c1-2-3-4-5-6-7-8-9-10-11-12-13-14-15/h15H,2-8H2,1H3. The third-order valence-corrected chi connectivity index (χ3v) is 1.99. The van der Waals surface area contributed by atoms with Crippen LogP contribution in [0.25, 0.3) is 0 Å². The van der Waals surface area contributed by atoms with E-state index in [4.69, 9.17) is 5.11 Å². The fourth-order valence-corrected chi connectivity index (χ4v) is 1.19. The second-order valence-electron chi connectivity index (χ2n) is 3.31. The van der Waals surface area contributed by atoms with Gasteiger partial charge >= 0.3 is 0 Å². The molecule has 1 N–H and O–H groups in total. The van der Waals surface area contributed by atoms with Crippen LogP contribution in [0.5, 0.6) is 0 Å². The van der Waals surface area contributed by atoms with E-state index >= 15 is 0 Å². The van der Waals surface area contributed by atoms with Crippen molar-refractivity contribution < 1.29 is 5.11 Å². The van der Waals surface area contributed by atoms with E-state index in [0.717, 1.165) is 12.8 Å². The Morgan fingerprint density at radius 1 is 0.800 bits per heavy atom. The second kappa shape index (κ2) is 12.5. The van der Waals surface area contributed by atoms with Gasteiger partial charge in [-0.2, -0.15) is 0 Å². The zero-order valence-electron chi connectivity index (χ0n) is 9.40. The molecule has 0 saturated carbocycles. The molecule has 0 rings (SSSR count). The van der Waals surface area contributed by atoms with Crippen molar-refractivity contribution in [1.82, 2.24) is 0 Å². The molecule has 0 aliphatic carbocycles. The van der Waals surface area contributed by atoms with Crippen LogP contribution in [0.1, 0.15) is 51.9 Å². The number of hydrogen-bond donors (Lipinski definition) is 1. The van der Waals surface area contributed by atoms with Crippen LogP contribution < -0.4 is 0 Å². The molecule has 0 atom stereocenters. The van der Waals surface area contributed by atoms with Gasteiger partial charge in [-0.1, -0.05) is 44.9 Å². The first kappa shape index (κ1) is 13.5. The number of aliphatic hydroxyl groups is 1. The number of unbranched alkanes of at least 4 members (excludes halogenated alkanes) is 6. The minimum atomic E-state index is 0.910. The maximum Gasteiger partial charge on any atom is 0.122 e. The molecule has 0 fully saturated rings. The molecule has 1 heteroatoms. The molecular formula is C14H18O. The molecule has 0 radical (unpaired) electrons. The summed E-state index contributed by atoms with van der Waals surface area (Å²) in [5.41, 5.74) is 0. The van der Waals surface area contributed by atoms with Gasteiger partial charge < -0.3 is 5.11 Å². The summed E-state index contributed by atoms with van der Waals surface area (Å²) >= 11 is 0. The Kier molecular flexibility index (Phi) is 11.2. The lowest BCUT2D eigenvalue weighted by Crippen LogP contribution is -1.77. The minimum absolute atomic E-state index is 0.910. The summed E-state index contributed by atoms with van der Waals surface area (Å²) in [7, 11) is 0. The highest BCUT2D eigenvalue weighted by atomic mass is 16.2. The van der Waals surface area contributed by atoms with Crippen LogP contribution in [-0.4, -0.2) is 5.11 Å². The van der Waals surface area contributed by atoms with Gasteiger partial charge in [0.25, 0.3) is 0 Å². The van der Waals surface area contributed by atoms with E-state index in [1.54, 1.807) is 6.11 Å². The fourth-order valence-electron chi connectivity index (χ4n) is 1.19. The van der Waals surface area contributed by atoms with Crippen LogP contribution >= 0.6 is 0 Å². The Bertz CT molecular complexity index is 308. The Morgan fingerprint density at radius 2 is 1.47 bits per heavy atom. The lowest BCUT2D eigenvalue weighted by atomic mass is 10.1. The molecule has 1 nitrogen and oxygen atoms in total. The molecule has 0 aromatic carbocycles. The summed E-state index contributed by atoms with van der Waals surface area (Å²) in [4.78, 5) is 0. The van der Waals surface area contributed by atoms with Gasteiger partial charge in [-0.3, -0.25) is 0 Å². The van der Waals surface area contributed by atoms with Gasteiger partial charge in [-0.25, -0.2) is 0 Å². The van der Waals surface area contributed by atoms with Gasteiger partial charge in [-0.15, -0.1) is 0 Å². The summed E-state index contributed by atoms with van der Waals surface area (Å²) in [6.07, 6.45) is 10.3. The molecule has 0 heterocycles. The molecule has 0 aromatic heterocycles. The van der Waals surface area contributed by atoms with E-state index in [2.05, 4.69) is 36.5 Å². The summed E-state index contributed by atoms with van der Waals surface area (Å²) in [5, 5.41) is 8.10. The first-order chi connectivity index (χ1) is 7.41. The van der Waals surface area contributed by atoms with Crippen molar-refractivity contribution in [3.8, 4) is 35.7 Å². The van der Waals surface area contributed by atoms with Crippen molar-refractivity contribution in [3.05, 3.63) is 0 Å². The van der Waals surface area contributed by atoms with Gasteiger partial charge in [0.15, 0.2) is 0 Å². The van der Waals surface area contributed by atoms with Crippen LogP contribution in [0.15, 0.2) is 0 Å². The van der Waals surface area contributed by atoms with E-state index in [-0.39, 0.29) is 0 Å². The van der Waals surface area contributed by atoms with Crippen molar-refractivity contribution in [2.75, 3.05) is 0 Å². The molecule has 0 saturated heterocycles. The molecule has 0 spiro atoms. The van der Waals surface area contributed by atoms with Crippen LogP contribution in [0.3, 0.4) is 0 Å². The van der Waals surface area contributed by atoms with Crippen LogP contribution in [-0.2, 0) is 0 Å². The van der Waals surface area contributed by atoms with Crippen LogP contribution in [0.4, 0.5) is 0 Å². The van der Waals surface area contributed by atoms with Crippen LogP contribution in [0, 0.1) is 35.7 Å². The van der Waals surface area contributed by atoms with Gasteiger partial charge in [0.1, 0.15) is 6.11 Å². The predicted octanol–water partition coefficient (Wildman–Crippen LogP) is 3.08. The normalized spacial score (nSPS) is 7.53. The first-order valence-corrected chi connectivity index (χ1v) is 5.53. The molecular weight excluding hydrogens is 184 g/mol. The number of hydrogen-bond acceptors (Lipinski definition) is 1. The maximum atomic E-state index is 8.10. The zero-order chi connectivity index (χ0) is 11.2. The van der Waals surface area contributed by atoms with Gasteiger partial charge in [0, 0.05) is 18.3 Å². The highest BCUT2D eigenvalue weighted by molar-refractivity contribution is 5.34. The van der Waals surface area contributed by atoms with Gasteiger partial charge in [0.05, 0.1) is 0 Å². The molecule has 15 heavy (non-hydrogen) atoms. The third-order valence-electron chi connectivity index (χ3n) is 1.99. The SMILES string of the molecule is CCCCCCCCC#CC#CC#CO. The lowest BCUT2D eigenvalue weighted by Gasteiger charge is -1.96. The van der Waals surface area contributed by atoms with E-state index in [9.17, 15) is 0 Å². The average molecular weight is 202 g/mol. The van der Waals surface area contributed by atoms with Crippen molar-refractivity contribution in [3.63, 3.8) is 0 Å². The Hall–Kier alpha value is -1.52. The molecule has 0 aromatic rings. The second-order valence-corrected chi connectivity index (χ2v) is 3.31. The van der Waals surface area contributed by atoms with E-state index in [0.29, 0.717) is 0 Å². The largest absolute Gasteiger partial charge is 0.461 e. The van der Waals surface area contributed by atoms with Crippen molar-refractivity contribution in [2.24, 2.45) is 0 Å². The highest BCUT2D eigenvalue weighted by Gasteiger charge is 1.87. The topological polar surface area (TPSA) is 20.2 Å². The average Bonchev–Trinajstić information content (AvgIpc) is 2.26. The first-order valence-electron chi connectivity index (χ1n) is 5.53. The zero-order valence-corrected chi connectivity index (χ0v) is 9.40. The summed E-state index contributed by atoms with van der Waals surface area (Å²) in [6.45, 7) is 2.22. The smallest absolute Gasteiger partial charge is 0.122 e.